The summed E-state index contributed by atoms with van der Waals surface area (Å²) in [5, 5.41) is 11.9. The van der Waals surface area contributed by atoms with Crippen molar-refractivity contribution in [1.29, 1.82) is 5.26 Å². The average Bonchev–Trinajstić information content (AvgIpc) is 3.14. The summed E-state index contributed by atoms with van der Waals surface area (Å²) in [6.07, 6.45) is 0.173. The summed E-state index contributed by atoms with van der Waals surface area (Å²) >= 11 is 0. The number of nitrogens with zero attached hydrogens (tertiary/aromatic N) is 1. The number of carbonyl (C=O) groups excluding carboxylic acids is 2. The lowest BCUT2D eigenvalue weighted by molar-refractivity contribution is 0.0520. The summed E-state index contributed by atoms with van der Waals surface area (Å²) in [5.74, 6) is 0.660. The van der Waals surface area contributed by atoms with Crippen LogP contribution in [-0.4, -0.2) is 30.6 Å². The van der Waals surface area contributed by atoms with Gasteiger partial charge in [0.1, 0.15) is 18.0 Å². The topological polar surface area (TPSA) is 88.4 Å². The highest BCUT2D eigenvalue weighted by atomic mass is 16.6. The van der Waals surface area contributed by atoms with Gasteiger partial charge in [-0.2, -0.15) is 5.26 Å². The molecule has 0 saturated carbocycles. The number of Topliss-reactive ketones (excluding diaryl/α,β-unsaturated/α-hetero) is 1. The Morgan fingerprint density at radius 1 is 1.15 bits per heavy atom. The van der Waals surface area contributed by atoms with Gasteiger partial charge in [0.2, 0.25) is 0 Å². The normalized spacial score (nSPS) is 15.8. The number of ketones is 1. The fourth-order valence-electron chi connectivity index (χ4n) is 4.55. The maximum atomic E-state index is 13.4. The van der Waals surface area contributed by atoms with E-state index < -0.39 is 11.7 Å². The van der Waals surface area contributed by atoms with E-state index in [1.54, 1.807) is 12.1 Å². The number of hydrogen-bond donors (Lipinski definition) is 1. The highest BCUT2D eigenvalue weighted by Gasteiger charge is 2.42. The van der Waals surface area contributed by atoms with Crippen molar-refractivity contribution in [3.05, 3.63) is 69.8 Å². The molecule has 0 fully saturated rings. The Labute approximate surface area is 194 Å². The lowest BCUT2D eigenvalue weighted by atomic mass is 9.68. The van der Waals surface area contributed by atoms with Crippen LogP contribution in [-0.2, 0) is 16.6 Å². The van der Waals surface area contributed by atoms with E-state index in [1.807, 2.05) is 45.0 Å². The van der Waals surface area contributed by atoms with Gasteiger partial charge in [-0.05, 0) is 79.8 Å². The molecule has 0 atom stereocenters. The van der Waals surface area contributed by atoms with Crippen LogP contribution < -0.4 is 10.1 Å². The van der Waals surface area contributed by atoms with Crippen molar-refractivity contribution in [3.8, 4) is 11.8 Å². The van der Waals surface area contributed by atoms with Crippen LogP contribution in [0, 0.1) is 11.3 Å². The fraction of sp³-hybridized carbons (Fsp3) is 0.370. The number of alkyl carbamates (subject to hydrolysis) is 1. The van der Waals surface area contributed by atoms with E-state index in [-0.39, 0.29) is 17.8 Å². The van der Waals surface area contributed by atoms with Gasteiger partial charge < -0.3 is 14.8 Å². The smallest absolute Gasteiger partial charge is 0.407 e. The summed E-state index contributed by atoms with van der Waals surface area (Å²) in [7, 11) is 0. The minimum absolute atomic E-state index is 0.0147. The number of amides is 1. The van der Waals surface area contributed by atoms with Crippen molar-refractivity contribution < 1.29 is 19.1 Å². The number of ether oxygens (including phenoxy) is 2. The molecule has 4 rings (SSSR count). The molecule has 6 nitrogen and oxygen atoms in total. The molecular weight excluding hydrogens is 416 g/mol. The zero-order valence-electron chi connectivity index (χ0n) is 19.7. The van der Waals surface area contributed by atoms with E-state index in [9.17, 15) is 14.9 Å². The lowest BCUT2D eigenvalue weighted by Gasteiger charge is -2.34. The predicted octanol–water partition coefficient (Wildman–Crippen LogP) is 4.95. The highest BCUT2D eigenvalue weighted by molar-refractivity contribution is 6.33. The molecule has 33 heavy (non-hydrogen) atoms. The second-order valence-corrected chi connectivity index (χ2v) is 9.95. The Bertz CT molecular complexity index is 1230. The highest BCUT2D eigenvalue weighted by Crippen LogP contribution is 2.50. The number of fused-ring (bicyclic) bond motifs is 3. The second kappa shape index (κ2) is 8.08. The van der Waals surface area contributed by atoms with E-state index in [0.717, 1.165) is 27.8 Å². The third kappa shape index (κ3) is 4.23. The van der Waals surface area contributed by atoms with Crippen LogP contribution in [0.5, 0.6) is 5.75 Å². The van der Waals surface area contributed by atoms with Gasteiger partial charge in [-0.15, -0.1) is 0 Å². The Morgan fingerprint density at radius 3 is 2.58 bits per heavy atom. The standard InChI is InChI=1S/C27H28N2O4/c1-26(2,3)33-25(31)29-10-11-32-18-7-9-20-21(14-18)27(4,5)22-13-17-12-16(15-28)6-8-19(17)23(22)24(20)30/h6-9,12,14H,10-11,13H2,1-5H3,(H,29,31). The van der Waals surface area contributed by atoms with E-state index in [1.165, 1.54) is 0 Å². The number of nitriles is 1. The minimum Gasteiger partial charge on any atom is -0.492 e. The summed E-state index contributed by atoms with van der Waals surface area (Å²) in [5.41, 5.74) is 5.10. The van der Waals surface area contributed by atoms with Gasteiger partial charge in [0, 0.05) is 16.6 Å². The predicted molar refractivity (Wildman–Crippen MR) is 125 cm³/mol. The Hall–Kier alpha value is -3.59. The van der Waals surface area contributed by atoms with Crippen molar-refractivity contribution in [1.82, 2.24) is 5.32 Å². The van der Waals surface area contributed by atoms with Gasteiger partial charge in [-0.3, -0.25) is 4.79 Å². The molecule has 0 spiro atoms. The molecule has 170 valence electrons. The van der Waals surface area contributed by atoms with Crippen LogP contribution in [0.2, 0.25) is 0 Å². The second-order valence-electron chi connectivity index (χ2n) is 9.95. The molecule has 2 aliphatic carbocycles. The largest absolute Gasteiger partial charge is 0.492 e. The van der Waals surface area contributed by atoms with Crippen LogP contribution in [0.15, 0.2) is 42.0 Å². The van der Waals surface area contributed by atoms with Crippen LogP contribution in [0.3, 0.4) is 0 Å². The Morgan fingerprint density at radius 2 is 1.88 bits per heavy atom. The summed E-state index contributed by atoms with van der Waals surface area (Å²) in [6.45, 7) is 10.3. The summed E-state index contributed by atoms with van der Waals surface area (Å²) < 4.78 is 11.1. The van der Waals surface area contributed by atoms with Gasteiger partial charge in [-0.1, -0.05) is 19.9 Å². The van der Waals surface area contributed by atoms with Crippen LogP contribution >= 0.6 is 0 Å². The zero-order chi connectivity index (χ0) is 24.0. The number of nitrogens with one attached hydrogen (secondary N) is 1. The van der Waals surface area contributed by atoms with E-state index in [0.29, 0.717) is 29.8 Å². The molecule has 0 bridgehead atoms. The molecular formula is C27H28N2O4. The summed E-state index contributed by atoms with van der Waals surface area (Å²) in [4.78, 5) is 25.2. The van der Waals surface area contributed by atoms with Gasteiger partial charge in [0.05, 0.1) is 18.2 Å². The van der Waals surface area contributed by atoms with Crippen molar-refractivity contribution in [2.24, 2.45) is 0 Å². The maximum Gasteiger partial charge on any atom is 0.407 e. The summed E-state index contributed by atoms with van der Waals surface area (Å²) in [6, 6.07) is 13.3. The zero-order valence-corrected chi connectivity index (χ0v) is 19.7. The van der Waals surface area contributed by atoms with Gasteiger partial charge in [0.25, 0.3) is 0 Å². The monoisotopic (exact) mass is 444 g/mol. The Kier molecular flexibility index (Phi) is 5.53. The maximum absolute atomic E-state index is 13.4. The molecule has 0 heterocycles. The molecule has 0 radical (unpaired) electrons. The van der Waals surface area contributed by atoms with Crippen molar-refractivity contribution >= 4 is 17.4 Å². The molecule has 6 heteroatoms. The Balaban J connectivity index is 1.51. The van der Waals surface area contributed by atoms with E-state index in [2.05, 4.69) is 25.2 Å². The van der Waals surface area contributed by atoms with Gasteiger partial charge in [-0.25, -0.2) is 4.79 Å². The lowest BCUT2D eigenvalue weighted by Crippen LogP contribution is -2.34. The average molecular weight is 445 g/mol. The molecule has 2 aromatic carbocycles. The van der Waals surface area contributed by atoms with Gasteiger partial charge in [0.15, 0.2) is 5.78 Å². The SMILES string of the molecule is CC(C)(C)OC(=O)NCCOc1ccc2c(c1)C(C)(C)C1=C(C2=O)c2ccc(C#N)cc2C1. The molecule has 0 aliphatic heterocycles. The fourth-order valence-corrected chi connectivity index (χ4v) is 4.55. The first-order valence-corrected chi connectivity index (χ1v) is 11.1. The van der Waals surface area contributed by atoms with E-state index in [4.69, 9.17) is 9.47 Å². The number of hydrogen-bond acceptors (Lipinski definition) is 5. The number of benzene rings is 2. The molecule has 0 aromatic heterocycles. The molecule has 2 aromatic rings. The number of rotatable bonds is 4. The first-order chi connectivity index (χ1) is 15.5. The molecule has 1 N–H and O–H groups in total. The molecule has 0 unspecified atom stereocenters. The van der Waals surface area contributed by atoms with Gasteiger partial charge >= 0.3 is 6.09 Å². The van der Waals surface area contributed by atoms with Crippen molar-refractivity contribution in [3.63, 3.8) is 0 Å². The molecule has 0 saturated heterocycles. The number of carbonyl (C=O) groups is 2. The van der Waals surface area contributed by atoms with Crippen LogP contribution in [0.25, 0.3) is 5.57 Å². The van der Waals surface area contributed by atoms with Crippen molar-refractivity contribution in [2.45, 2.75) is 52.1 Å². The molecule has 1 amide bonds. The van der Waals surface area contributed by atoms with Crippen LogP contribution in [0.1, 0.15) is 67.2 Å². The first-order valence-electron chi connectivity index (χ1n) is 11.1. The third-order valence-corrected chi connectivity index (χ3v) is 6.10. The number of allylic oxidation sites excluding steroid dienone is 2. The quantitative estimate of drug-likeness (QED) is 0.675. The molecule has 2 aliphatic rings. The minimum atomic E-state index is -0.550. The van der Waals surface area contributed by atoms with Crippen LogP contribution in [0.4, 0.5) is 4.79 Å². The van der Waals surface area contributed by atoms with Crippen molar-refractivity contribution in [2.75, 3.05) is 13.2 Å². The third-order valence-electron chi connectivity index (χ3n) is 6.10. The first kappa shape index (κ1) is 22.6. The van der Waals surface area contributed by atoms with E-state index >= 15 is 0 Å².